The smallest absolute Gasteiger partial charge is 0.131 e. The summed E-state index contributed by atoms with van der Waals surface area (Å²) in [6, 6.07) is 14.1. The molecule has 0 aliphatic heterocycles. The number of rotatable bonds is 7. The predicted molar refractivity (Wildman–Crippen MR) is 89.0 cm³/mol. The molecule has 0 aromatic heterocycles. The highest BCUT2D eigenvalue weighted by Crippen LogP contribution is 2.28. The van der Waals surface area contributed by atoms with Crippen molar-refractivity contribution in [3.63, 3.8) is 0 Å². The van der Waals surface area contributed by atoms with Crippen LogP contribution in [0, 0.1) is 6.92 Å². The van der Waals surface area contributed by atoms with E-state index in [0.717, 1.165) is 34.6 Å². The Kier molecular flexibility index (Phi) is 6.23. The second kappa shape index (κ2) is 8.17. The molecule has 4 heteroatoms. The molecule has 0 saturated heterocycles. The van der Waals surface area contributed by atoms with Gasteiger partial charge >= 0.3 is 0 Å². The second-order valence-electron chi connectivity index (χ2n) is 4.84. The van der Waals surface area contributed by atoms with Gasteiger partial charge in [-0.1, -0.05) is 33.6 Å². The number of methoxy groups -OCH3 is 1. The third-order valence-electron chi connectivity index (χ3n) is 3.07. The molecule has 0 radical (unpaired) electrons. The molecule has 0 aliphatic rings. The Labute approximate surface area is 134 Å². The van der Waals surface area contributed by atoms with E-state index in [1.165, 1.54) is 5.56 Å². The molecule has 0 unspecified atom stereocenters. The summed E-state index contributed by atoms with van der Waals surface area (Å²) >= 11 is 3.51. The maximum atomic E-state index is 5.98. The van der Waals surface area contributed by atoms with E-state index in [9.17, 15) is 0 Å². The predicted octanol–water partition coefficient (Wildman–Crippen LogP) is 4.29. The Balaban J connectivity index is 2.08. The van der Waals surface area contributed by atoms with Gasteiger partial charge in [0.2, 0.25) is 0 Å². The first-order chi connectivity index (χ1) is 10.2. The van der Waals surface area contributed by atoms with Crippen molar-refractivity contribution in [1.29, 1.82) is 0 Å². The van der Waals surface area contributed by atoms with Crippen LogP contribution in [-0.4, -0.2) is 20.3 Å². The van der Waals surface area contributed by atoms with Crippen LogP contribution in [0.25, 0.3) is 0 Å². The lowest BCUT2D eigenvalue weighted by Crippen LogP contribution is -2.18. The summed E-state index contributed by atoms with van der Waals surface area (Å²) in [4.78, 5) is 0. The number of ether oxygens (including phenoxy) is 2. The lowest BCUT2D eigenvalue weighted by molar-refractivity contribution is 0.199. The van der Waals surface area contributed by atoms with Crippen LogP contribution in [0.15, 0.2) is 46.9 Å². The highest BCUT2D eigenvalue weighted by molar-refractivity contribution is 9.10. The molecular formula is C17H20BrNO2. The lowest BCUT2D eigenvalue weighted by atomic mass is 10.2. The first-order valence-corrected chi connectivity index (χ1v) is 7.71. The van der Waals surface area contributed by atoms with Crippen molar-refractivity contribution < 1.29 is 9.47 Å². The summed E-state index contributed by atoms with van der Waals surface area (Å²) in [6.07, 6.45) is 0. The van der Waals surface area contributed by atoms with Gasteiger partial charge in [0.1, 0.15) is 11.5 Å². The molecule has 0 saturated carbocycles. The Hall–Kier alpha value is -1.36. The number of hydrogen-bond donors (Lipinski definition) is 1. The molecule has 0 heterocycles. The minimum atomic E-state index is 0.697. The van der Waals surface area contributed by atoms with Crippen LogP contribution in [0.1, 0.15) is 11.1 Å². The average molecular weight is 350 g/mol. The molecule has 2 rings (SSSR count). The van der Waals surface area contributed by atoms with Crippen LogP contribution in [0.4, 0.5) is 0 Å². The lowest BCUT2D eigenvalue weighted by Gasteiger charge is -2.13. The molecule has 0 spiro atoms. The number of nitrogens with one attached hydrogen (secondary N) is 1. The molecule has 1 N–H and O–H groups in total. The van der Waals surface area contributed by atoms with Crippen molar-refractivity contribution in [2.24, 2.45) is 0 Å². The standard InChI is InChI=1S/C17H20BrNO2/c1-13-3-6-16(7-4-13)21-17-8-5-15(18)11-14(17)12-19-9-10-20-2/h3-8,11,19H,9-10,12H2,1-2H3. The van der Waals surface area contributed by atoms with Crippen molar-refractivity contribution in [2.75, 3.05) is 20.3 Å². The molecule has 2 aromatic carbocycles. The molecule has 0 bridgehead atoms. The monoisotopic (exact) mass is 349 g/mol. The fraction of sp³-hybridized carbons (Fsp3) is 0.294. The van der Waals surface area contributed by atoms with E-state index >= 15 is 0 Å². The molecule has 2 aromatic rings. The van der Waals surface area contributed by atoms with Crippen molar-refractivity contribution in [3.05, 3.63) is 58.1 Å². The topological polar surface area (TPSA) is 30.5 Å². The summed E-state index contributed by atoms with van der Waals surface area (Å²) in [5.74, 6) is 1.72. The average Bonchev–Trinajstić information content (AvgIpc) is 2.48. The fourth-order valence-corrected chi connectivity index (χ4v) is 2.32. The third-order valence-corrected chi connectivity index (χ3v) is 3.56. The van der Waals surface area contributed by atoms with E-state index < -0.39 is 0 Å². The first-order valence-electron chi connectivity index (χ1n) is 6.91. The Morgan fingerprint density at radius 1 is 1.10 bits per heavy atom. The van der Waals surface area contributed by atoms with Gasteiger partial charge in [0, 0.05) is 30.2 Å². The normalized spacial score (nSPS) is 10.6. The van der Waals surface area contributed by atoms with Gasteiger partial charge in [-0.25, -0.2) is 0 Å². The zero-order chi connectivity index (χ0) is 15.1. The highest BCUT2D eigenvalue weighted by Gasteiger charge is 2.06. The maximum absolute atomic E-state index is 5.98. The van der Waals surface area contributed by atoms with E-state index in [2.05, 4.69) is 34.2 Å². The molecule has 3 nitrogen and oxygen atoms in total. The van der Waals surface area contributed by atoms with Gasteiger partial charge in [0.25, 0.3) is 0 Å². The third kappa shape index (κ3) is 5.16. The van der Waals surface area contributed by atoms with Gasteiger partial charge in [-0.3, -0.25) is 0 Å². The largest absolute Gasteiger partial charge is 0.457 e. The van der Waals surface area contributed by atoms with Gasteiger partial charge in [0.05, 0.1) is 6.61 Å². The Bertz CT molecular complexity index is 570. The number of aryl methyl sites for hydroxylation is 1. The molecule has 112 valence electrons. The van der Waals surface area contributed by atoms with Crippen molar-refractivity contribution in [3.8, 4) is 11.5 Å². The van der Waals surface area contributed by atoms with Crippen molar-refractivity contribution >= 4 is 15.9 Å². The molecular weight excluding hydrogens is 330 g/mol. The van der Waals surface area contributed by atoms with Crippen LogP contribution in [0.5, 0.6) is 11.5 Å². The van der Waals surface area contributed by atoms with Crippen molar-refractivity contribution in [2.45, 2.75) is 13.5 Å². The van der Waals surface area contributed by atoms with Crippen LogP contribution in [-0.2, 0) is 11.3 Å². The summed E-state index contributed by atoms with van der Waals surface area (Å²) in [6.45, 7) is 4.31. The quantitative estimate of drug-likeness (QED) is 0.756. The minimum absolute atomic E-state index is 0.697. The summed E-state index contributed by atoms with van der Waals surface area (Å²) in [5.41, 5.74) is 2.33. The number of benzene rings is 2. The molecule has 0 amide bonds. The summed E-state index contributed by atoms with van der Waals surface area (Å²) in [7, 11) is 1.70. The molecule has 0 aliphatic carbocycles. The highest BCUT2D eigenvalue weighted by atomic mass is 79.9. The van der Waals surface area contributed by atoms with Gasteiger partial charge in [0.15, 0.2) is 0 Å². The molecule has 21 heavy (non-hydrogen) atoms. The van der Waals surface area contributed by atoms with Gasteiger partial charge in [-0.05, 0) is 37.3 Å². The summed E-state index contributed by atoms with van der Waals surface area (Å²) < 4.78 is 12.1. The van der Waals surface area contributed by atoms with Gasteiger partial charge in [-0.15, -0.1) is 0 Å². The van der Waals surface area contributed by atoms with E-state index in [4.69, 9.17) is 9.47 Å². The van der Waals surface area contributed by atoms with E-state index in [0.29, 0.717) is 6.61 Å². The minimum Gasteiger partial charge on any atom is -0.457 e. The fourth-order valence-electron chi connectivity index (χ4n) is 1.92. The maximum Gasteiger partial charge on any atom is 0.131 e. The second-order valence-corrected chi connectivity index (χ2v) is 5.75. The molecule has 0 fully saturated rings. The van der Waals surface area contributed by atoms with E-state index in [1.54, 1.807) is 7.11 Å². The molecule has 0 atom stereocenters. The zero-order valence-electron chi connectivity index (χ0n) is 12.4. The number of halogens is 1. The SMILES string of the molecule is COCCNCc1cc(Br)ccc1Oc1ccc(C)cc1. The van der Waals surface area contributed by atoms with Crippen molar-refractivity contribution in [1.82, 2.24) is 5.32 Å². The van der Waals surface area contributed by atoms with Crippen LogP contribution < -0.4 is 10.1 Å². The zero-order valence-corrected chi connectivity index (χ0v) is 13.9. The van der Waals surface area contributed by atoms with Crippen LogP contribution in [0.2, 0.25) is 0 Å². The Morgan fingerprint density at radius 3 is 2.57 bits per heavy atom. The van der Waals surface area contributed by atoms with E-state index in [1.807, 2.05) is 36.4 Å². The van der Waals surface area contributed by atoms with Crippen LogP contribution in [0.3, 0.4) is 0 Å². The number of hydrogen-bond acceptors (Lipinski definition) is 3. The van der Waals surface area contributed by atoms with Gasteiger partial charge < -0.3 is 14.8 Å². The Morgan fingerprint density at radius 2 is 1.86 bits per heavy atom. The van der Waals surface area contributed by atoms with E-state index in [-0.39, 0.29) is 0 Å². The van der Waals surface area contributed by atoms with Crippen LogP contribution >= 0.6 is 15.9 Å². The van der Waals surface area contributed by atoms with Gasteiger partial charge in [-0.2, -0.15) is 0 Å². The summed E-state index contributed by atoms with van der Waals surface area (Å²) in [5, 5.41) is 3.34. The first kappa shape index (κ1) is 16.0.